The second-order valence-electron chi connectivity index (χ2n) is 8.03. The van der Waals surface area contributed by atoms with Crippen LogP contribution < -0.4 is 5.73 Å². The molecule has 0 amide bonds. The van der Waals surface area contributed by atoms with Gasteiger partial charge in [0.05, 0.1) is 36.4 Å². The highest BCUT2D eigenvalue weighted by Crippen LogP contribution is 2.22. The van der Waals surface area contributed by atoms with Gasteiger partial charge in [0.25, 0.3) is 11.4 Å². The lowest BCUT2D eigenvalue weighted by Crippen LogP contribution is -1.88. The molecule has 3 aromatic heterocycles. The lowest BCUT2D eigenvalue weighted by Gasteiger charge is -1.98. The van der Waals surface area contributed by atoms with Gasteiger partial charge in [-0.25, -0.2) is 0 Å². The standard InChI is InChI=1S/C9H5ClN2O2.C9H7ClN2.C9H6N2O2/c10-7-3-6-1-2-8(12(13)14)4-9(6)11-5-7;10-7-3-6-1-2-8(11)4-9(6)12-5-7;12-11(13)8-4-3-7-2-1-5-10-9(7)6-8/h1-5H;1-5H,11H2;1-6H. The molecule has 10 nitrogen and oxygen atoms in total. The van der Waals surface area contributed by atoms with Gasteiger partial charge in [-0.15, -0.1) is 0 Å². The second-order valence-corrected chi connectivity index (χ2v) is 8.90. The van der Waals surface area contributed by atoms with Gasteiger partial charge < -0.3 is 5.73 Å². The van der Waals surface area contributed by atoms with E-state index in [2.05, 4.69) is 15.0 Å². The molecule has 0 aliphatic heterocycles. The number of pyridine rings is 3. The van der Waals surface area contributed by atoms with Gasteiger partial charge in [0.2, 0.25) is 0 Å². The van der Waals surface area contributed by atoms with Gasteiger partial charge in [0.1, 0.15) is 0 Å². The number of hydrogen-bond acceptors (Lipinski definition) is 8. The molecule has 0 bridgehead atoms. The second kappa shape index (κ2) is 12.1. The first-order valence-corrected chi connectivity index (χ1v) is 11.9. The average molecular weight is 561 g/mol. The number of fused-ring (bicyclic) bond motifs is 3. The highest BCUT2D eigenvalue weighted by molar-refractivity contribution is 6.31. The van der Waals surface area contributed by atoms with Crippen LogP contribution in [0.1, 0.15) is 0 Å². The number of nitrogen functional groups attached to an aromatic ring is 1. The molecule has 2 N–H and O–H groups in total. The van der Waals surface area contributed by atoms with Crippen LogP contribution in [0.2, 0.25) is 10.0 Å². The Morgan fingerprint density at radius 1 is 0.615 bits per heavy atom. The molecule has 0 fully saturated rings. The highest BCUT2D eigenvalue weighted by atomic mass is 35.5. The summed E-state index contributed by atoms with van der Waals surface area (Å²) in [5, 5.41) is 24.8. The quantitative estimate of drug-likeness (QED) is 0.130. The molecule has 0 aliphatic carbocycles. The lowest BCUT2D eigenvalue weighted by molar-refractivity contribution is -0.384. The van der Waals surface area contributed by atoms with Crippen LogP contribution in [0.25, 0.3) is 32.7 Å². The van der Waals surface area contributed by atoms with Gasteiger partial charge in [-0.3, -0.25) is 35.2 Å². The molecule has 0 radical (unpaired) electrons. The zero-order chi connectivity index (χ0) is 27.9. The number of non-ortho nitro benzene ring substituents is 2. The number of nitro benzene ring substituents is 2. The van der Waals surface area contributed by atoms with Gasteiger partial charge in [0, 0.05) is 64.7 Å². The Morgan fingerprint density at radius 2 is 1.10 bits per heavy atom. The van der Waals surface area contributed by atoms with Crippen molar-refractivity contribution in [3.8, 4) is 0 Å². The number of nitrogens with two attached hydrogens (primary N) is 1. The van der Waals surface area contributed by atoms with Crippen LogP contribution in [-0.2, 0) is 0 Å². The fraction of sp³-hybridized carbons (Fsp3) is 0. The maximum absolute atomic E-state index is 10.5. The fourth-order valence-corrected chi connectivity index (χ4v) is 3.81. The van der Waals surface area contributed by atoms with Crippen LogP contribution in [0.5, 0.6) is 0 Å². The van der Waals surface area contributed by atoms with Crippen molar-refractivity contribution >= 4 is 73.0 Å². The van der Waals surface area contributed by atoms with E-state index in [9.17, 15) is 20.2 Å². The van der Waals surface area contributed by atoms with Crippen molar-refractivity contribution in [1.29, 1.82) is 0 Å². The highest BCUT2D eigenvalue weighted by Gasteiger charge is 2.07. The van der Waals surface area contributed by atoms with Crippen molar-refractivity contribution in [2.24, 2.45) is 0 Å². The largest absolute Gasteiger partial charge is 0.399 e. The van der Waals surface area contributed by atoms with Crippen molar-refractivity contribution < 1.29 is 9.85 Å². The van der Waals surface area contributed by atoms with Gasteiger partial charge in [-0.05, 0) is 42.5 Å². The van der Waals surface area contributed by atoms with Crippen molar-refractivity contribution in [2.75, 3.05) is 5.73 Å². The third-order valence-electron chi connectivity index (χ3n) is 5.32. The molecule has 0 aliphatic rings. The van der Waals surface area contributed by atoms with Gasteiger partial charge in [0.15, 0.2) is 0 Å². The van der Waals surface area contributed by atoms with Gasteiger partial charge in [-0.1, -0.05) is 35.3 Å². The summed E-state index contributed by atoms with van der Waals surface area (Å²) < 4.78 is 0. The van der Waals surface area contributed by atoms with E-state index in [0.29, 0.717) is 21.1 Å². The maximum Gasteiger partial charge on any atom is 0.271 e. The molecular weight excluding hydrogens is 543 g/mol. The summed E-state index contributed by atoms with van der Waals surface area (Å²) in [6.45, 7) is 0. The molecule has 0 saturated heterocycles. The first-order chi connectivity index (χ1) is 18.7. The Kier molecular flexibility index (Phi) is 8.40. The van der Waals surface area contributed by atoms with Crippen LogP contribution >= 0.6 is 23.2 Å². The van der Waals surface area contributed by atoms with E-state index in [4.69, 9.17) is 28.9 Å². The smallest absolute Gasteiger partial charge is 0.271 e. The van der Waals surface area contributed by atoms with E-state index < -0.39 is 9.85 Å². The Hall–Kier alpha value is -4.93. The Bertz CT molecular complexity index is 1790. The van der Waals surface area contributed by atoms with Gasteiger partial charge in [-0.2, -0.15) is 0 Å². The van der Waals surface area contributed by atoms with Crippen LogP contribution in [0, 0.1) is 20.2 Å². The topological polar surface area (TPSA) is 151 Å². The zero-order valence-corrected chi connectivity index (χ0v) is 21.5. The first kappa shape index (κ1) is 27.1. The number of nitrogens with zero attached hydrogens (tertiary/aromatic N) is 5. The van der Waals surface area contributed by atoms with Crippen molar-refractivity contribution in [1.82, 2.24) is 15.0 Å². The number of benzene rings is 3. The lowest BCUT2D eigenvalue weighted by atomic mass is 10.2. The summed E-state index contributed by atoms with van der Waals surface area (Å²) in [4.78, 5) is 32.2. The molecule has 0 spiro atoms. The van der Waals surface area contributed by atoms with Gasteiger partial charge >= 0.3 is 0 Å². The van der Waals surface area contributed by atoms with Crippen molar-refractivity contribution in [3.63, 3.8) is 0 Å². The summed E-state index contributed by atoms with van der Waals surface area (Å²) in [6.07, 6.45) is 4.70. The predicted octanol–water partition coefficient (Wildman–Crippen LogP) is 7.41. The summed E-state index contributed by atoms with van der Waals surface area (Å²) >= 11 is 11.5. The molecule has 12 heteroatoms. The molecule has 194 valence electrons. The monoisotopic (exact) mass is 560 g/mol. The molecule has 0 atom stereocenters. The van der Waals surface area contributed by atoms with Crippen molar-refractivity contribution in [3.05, 3.63) is 128 Å². The SMILES string of the molecule is Nc1ccc2cc(Cl)cnc2c1.O=[N+]([O-])c1ccc2cc(Cl)cnc2c1.O=[N+]([O-])c1ccc2cccnc2c1. The van der Waals surface area contributed by atoms with Crippen LogP contribution in [-0.4, -0.2) is 24.8 Å². The number of anilines is 1. The number of nitro groups is 2. The number of aromatic nitrogens is 3. The molecule has 3 heterocycles. The minimum Gasteiger partial charge on any atom is -0.399 e. The number of rotatable bonds is 2. The van der Waals surface area contributed by atoms with E-state index in [0.717, 1.165) is 27.4 Å². The molecule has 6 rings (SSSR count). The van der Waals surface area contributed by atoms with Crippen LogP contribution in [0.15, 0.2) is 97.5 Å². The molecular formula is C27H18Cl2N6O4. The molecule has 3 aromatic carbocycles. The number of hydrogen-bond donors (Lipinski definition) is 1. The molecule has 6 aromatic rings. The minimum absolute atomic E-state index is 0.0346. The molecule has 0 unspecified atom stereocenters. The van der Waals surface area contributed by atoms with E-state index in [1.54, 1.807) is 36.7 Å². The van der Waals surface area contributed by atoms with E-state index >= 15 is 0 Å². The summed E-state index contributed by atoms with van der Waals surface area (Å²) in [5.74, 6) is 0. The normalized spacial score (nSPS) is 10.3. The Morgan fingerprint density at radius 3 is 1.67 bits per heavy atom. The Balaban J connectivity index is 0.000000136. The fourth-order valence-electron chi connectivity index (χ4n) is 3.48. The van der Waals surface area contributed by atoms with E-state index in [1.807, 2.05) is 30.3 Å². The maximum atomic E-state index is 10.5. The summed E-state index contributed by atoms with van der Waals surface area (Å²) in [7, 11) is 0. The van der Waals surface area contributed by atoms with E-state index in [-0.39, 0.29) is 11.4 Å². The third-order valence-corrected chi connectivity index (χ3v) is 5.73. The van der Waals surface area contributed by atoms with Crippen molar-refractivity contribution in [2.45, 2.75) is 0 Å². The minimum atomic E-state index is -0.449. The van der Waals surface area contributed by atoms with Crippen LogP contribution in [0.4, 0.5) is 17.1 Å². The van der Waals surface area contributed by atoms with E-state index in [1.165, 1.54) is 30.5 Å². The predicted molar refractivity (Wildman–Crippen MR) is 153 cm³/mol. The average Bonchev–Trinajstić information content (AvgIpc) is 2.93. The molecule has 39 heavy (non-hydrogen) atoms. The summed E-state index contributed by atoms with van der Waals surface area (Å²) in [6, 6.07) is 21.9. The first-order valence-electron chi connectivity index (χ1n) is 11.2. The number of halogens is 2. The Labute approximate surface area is 231 Å². The third kappa shape index (κ3) is 7.10. The summed E-state index contributed by atoms with van der Waals surface area (Å²) in [5.41, 5.74) is 8.52. The molecule has 0 saturated carbocycles. The van der Waals surface area contributed by atoms with Crippen LogP contribution in [0.3, 0.4) is 0 Å². The zero-order valence-electron chi connectivity index (χ0n) is 19.9.